The van der Waals surface area contributed by atoms with Crippen molar-refractivity contribution in [2.24, 2.45) is 10.9 Å². The van der Waals surface area contributed by atoms with Gasteiger partial charge in [0.2, 0.25) is 0 Å². The van der Waals surface area contributed by atoms with Gasteiger partial charge in [-0.3, -0.25) is 4.90 Å². The van der Waals surface area contributed by atoms with Gasteiger partial charge >= 0.3 is 6.61 Å². The first-order valence-electron chi connectivity index (χ1n) is 9.74. The Kier molecular flexibility index (Phi) is 10.9. The van der Waals surface area contributed by atoms with E-state index in [1.54, 1.807) is 12.1 Å². The van der Waals surface area contributed by atoms with Crippen molar-refractivity contribution in [3.05, 3.63) is 23.8 Å². The Morgan fingerprint density at radius 1 is 1.28 bits per heavy atom. The highest BCUT2D eigenvalue weighted by Gasteiger charge is 2.31. The van der Waals surface area contributed by atoms with E-state index in [4.69, 9.17) is 4.74 Å². The summed E-state index contributed by atoms with van der Waals surface area (Å²) in [5.41, 5.74) is 0.761. The number of likely N-dealkylation sites (tertiary alicyclic amines) is 1. The lowest BCUT2D eigenvalue weighted by atomic mass is 10.1. The maximum atomic E-state index is 12.6. The van der Waals surface area contributed by atoms with E-state index >= 15 is 0 Å². The van der Waals surface area contributed by atoms with E-state index in [1.165, 1.54) is 13.2 Å². The summed E-state index contributed by atoms with van der Waals surface area (Å²) < 4.78 is 34.8. The molecule has 1 aliphatic rings. The summed E-state index contributed by atoms with van der Waals surface area (Å²) in [7, 11) is 1.42. The molecule has 9 heteroatoms. The number of rotatable bonds is 8. The molecule has 0 bridgehead atoms. The SMILES string of the molecule is CCNC(=NCc1ccc(OC)c(OC(F)F)c1)NC1CN(C(C)C)CC1C.I. The number of nitrogens with one attached hydrogen (secondary N) is 2. The minimum absolute atomic E-state index is 0. The second kappa shape index (κ2) is 12.4. The molecule has 1 saturated heterocycles. The largest absolute Gasteiger partial charge is 0.493 e. The lowest BCUT2D eigenvalue weighted by molar-refractivity contribution is -0.0512. The topological polar surface area (TPSA) is 58.1 Å². The van der Waals surface area contributed by atoms with Gasteiger partial charge in [0.25, 0.3) is 0 Å². The quantitative estimate of drug-likeness (QED) is 0.308. The predicted molar refractivity (Wildman–Crippen MR) is 123 cm³/mol. The van der Waals surface area contributed by atoms with Crippen LogP contribution in [0.15, 0.2) is 23.2 Å². The van der Waals surface area contributed by atoms with E-state index in [-0.39, 0.29) is 35.5 Å². The number of hydrogen-bond donors (Lipinski definition) is 2. The molecule has 166 valence electrons. The Labute approximate surface area is 189 Å². The number of nitrogens with zero attached hydrogens (tertiary/aromatic N) is 2. The summed E-state index contributed by atoms with van der Waals surface area (Å²) >= 11 is 0. The molecule has 2 N–H and O–H groups in total. The van der Waals surface area contributed by atoms with Crippen LogP contribution in [0.4, 0.5) is 8.78 Å². The Hall–Kier alpha value is -1.36. The number of ether oxygens (including phenoxy) is 2. The van der Waals surface area contributed by atoms with Crippen molar-refractivity contribution >= 4 is 29.9 Å². The standard InChI is InChI=1S/C20H32F2N4O2.HI/c1-6-23-20(25-16-12-26(13(2)3)11-14(16)4)24-10-15-7-8-17(27-5)18(9-15)28-19(21)22;/h7-9,13-14,16,19H,6,10-12H2,1-5H3,(H2,23,24,25);1H. The van der Waals surface area contributed by atoms with E-state index < -0.39 is 6.61 Å². The van der Waals surface area contributed by atoms with Crippen molar-refractivity contribution in [3.8, 4) is 11.5 Å². The molecule has 1 aromatic rings. The third-order valence-corrected chi connectivity index (χ3v) is 4.90. The fraction of sp³-hybridized carbons (Fsp3) is 0.650. The minimum atomic E-state index is -2.90. The van der Waals surface area contributed by atoms with Gasteiger partial charge in [0, 0.05) is 31.7 Å². The molecule has 0 radical (unpaired) electrons. The molecule has 0 spiro atoms. The number of aliphatic imine (C=N–C) groups is 1. The van der Waals surface area contributed by atoms with Crippen molar-refractivity contribution < 1.29 is 18.3 Å². The molecule has 2 atom stereocenters. The number of alkyl halides is 2. The maximum absolute atomic E-state index is 12.6. The number of guanidine groups is 1. The maximum Gasteiger partial charge on any atom is 0.387 e. The van der Waals surface area contributed by atoms with Gasteiger partial charge in [-0.2, -0.15) is 8.78 Å². The summed E-state index contributed by atoms with van der Waals surface area (Å²) in [5, 5.41) is 6.77. The molecule has 2 rings (SSSR count). The monoisotopic (exact) mass is 526 g/mol. The first-order chi connectivity index (χ1) is 13.3. The molecule has 0 aliphatic carbocycles. The van der Waals surface area contributed by atoms with Crippen LogP contribution in [0.5, 0.6) is 11.5 Å². The van der Waals surface area contributed by atoms with Gasteiger partial charge in [0.05, 0.1) is 13.7 Å². The zero-order valence-corrected chi connectivity index (χ0v) is 20.1. The third-order valence-electron chi connectivity index (χ3n) is 4.90. The molecule has 29 heavy (non-hydrogen) atoms. The third kappa shape index (κ3) is 7.76. The van der Waals surface area contributed by atoms with Crippen LogP contribution >= 0.6 is 24.0 Å². The van der Waals surface area contributed by atoms with Gasteiger partial charge in [-0.25, -0.2) is 4.99 Å². The van der Waals surface area contributed by atoms with Crippen LogP contribution in [0, 0.1) is 5.92 Å². The van der Waals surface area contributed by atoms with Gasteiger partial charge in [0.1, 0.15) is 0 Å². The lowest BCUT2D eigenvalue weighted by Gasteiger charge is -2.22. The molecule has 1 aromatic carbocycles. The summed E-state index contributed by atoms with van der Waals surface area (Å²) in [5.74, 6) is 1.52. The Morgan fingerprint density at radius 3 is 2.55 bits per heavy atom. The Balaban J connectivity index is 0.00000420. The predicted octanol–water partition coefficient (Wildman–Crippen LogP) is 3.70. The zero-order chi connectivity index (χ0) is 20.7. The first kappa shape index (κ1) is 25.7. The molecule has 1 aliphatic heterocycles. The van der Waals surface area contributed by atoms with Crippen LogP contribution in [0.25, 0.3) is 0 Å². The molecule has 0 amide bonds. The van der Waals surface area contributed by atoms with Crippen LogP contribution in [0.3, 0.4) is 0 Å². The van der Waals surface area contributed by atoms with Gasteiger partial charge < -0.3 is 20.1 Å². The van der Waals surface area contributed by atoms with Crippen LogP contribution in [0.1, 0.15) is 33.3 Å². The average Bonchev–Trinajstić information content (AvgIpc) is 3.00. The van der Waals surface area contributed by atoms with Crippen molar-refractivity contribution in [1.29, 1.82) is 0 Å². The second-order valence-electron chi connectivity index (χ2n) is 7.33. The van der Waals surface area contributed by atoms with E-state index in [1.807, 2.05) is 6.92 Å². The zero-order valence-electron chi connectivity index (χ0n) is 17.7. The fourth-order valence-electron chi connectivity index (χ4n) is 3.29. The molecule has 0 aromatic heterocycles. The molecule has 0 saturated carbocycles. The lowest BCUT2D eigenvalue weighted by Crippen LogP contribution is -2.46. The fourth-order valence-corrected chi connectivity index (χ4v) is 3.29. The van der Waals surface area contributed by atoms with Crippen molar-refractivity contribution in [1.82, 2.24) is 15.5 Å². The van der Waals surface area contributed by atoms with E-state index in [9.17, 15) is 8.78 Å². The molecular weight excluding hydrogens is 493 g/mol. The van der Waals surface area contributed by atoms with Crippen LogP contribution < -0.4 is 20.1 Å². The molecule has 6 nitrogen and oxygen atoms in total. The minimum Gasteiger partial charge on any atom is -0.493 e. The number of methoxy groups -OCH3 is 1. The van der Waals surface area contributed by atoms with E-state index in [0.717, 1.165) is 31.2 Å². The Bertz CT molecular complexity index is 661. The number of hydrogen-bond acceptors (Lipinski definition) is 4. The summed E-state index contributed by atoms with van der Waals surface area (Å²) in [6, 6.07) is 5.78. The summed E-state index contributed by atoms with van der Waals surface area (Å²) in [6.07, 6.45) is 0. The molecule has 1 fully saturated rings. The highest BCUT2D eigenvalue weighted by atomic mass is 127. The highest BCUT2D eigenvalue weighted by molar-refractivity contribution is 14.0. The molecule has 2 unspecified atom stereocenters. The van der Waals surface area contributed by atoms with Crippen molar-refractivity contribution in [2.75, 3.05) is 26.7 Å². The smallest absolute Gasteiger partial charge is 0.387 e. The van der Waals surface area contributed by atoms with Gasteiger partial charge in [-0.1, -0.05) is 13.0 Å². The summed E-state index contributed by atoms with van der Waals surface area (Å²) in [4.78, 5) is 7.07. The highest BCUT2D eigenvalue weighted by Crippen LogP contribution is 2.29. The number of halogens is 3. The first-order valence-corrected chi connectivity index (χ1v) is 9.74. The Morgan fingerprint density at radius 2 is 2.00 bits per heavy atom. The average molecular weight is 526 g/mol. The van der Waals surface area contributed by atoms with Crippen LogP contribution in [0.2, 0.25) is 0 Å². The van der Waals surface area contributed by atoms with Gasteiger partial charge in [0.15, 0.2) is 17.5 Å². The van der Waals surface area contributed by atoms with Crippen LogP contribution in [-0.4, -0.2) is 56.3 Å². The van der Waals surface area contributed by atoms with Gasteiger partial charge in [-0.15, -0.1) is 24.0 Å². The van der Waals surface area contributed by atoms with Gasteiger partial charge in [-0.05, 0) is 44.4 Å². The van der Waals surface area contributed by atoms with Crippen molar-refractivity contribution in [2.45, 2.75) is 52.9 Å². The van der Waals surface area contributed by atoms with E-state index in [0.29, 0.717) is 24.5 Å². The summed E-state index contributed by atoms with van der Waals surface area (Å²) in [6.45, 7) is 8.86. The molecular formula is C20H33F2IN4O2. The normalized spacial score (nSPS) is 20.0. The van der Waals surface area contributed by atoms with E-state index in [2.05, 4.69) is 46.0 Å². The number of benzene rings is 1. The van der Waals surface area contributed by atoms with Crippen LogP contribution in [-0.2, 0) is 6.54 Å². The van der Waals surface area contributed by atoms with Crippen molar-refractivity contribution in [3.63, 3.8) is 0 Å². The molecule has 1 heterocycles. The second-order valence-corrected chi connectivity index (χ2v) is 7.33.